The van der Waals surface area contributed by atoms with Crippen molar-refractivity contribution >= 4 is 27.3 Å². The predicted octanol–water partition coefficient (Wildman–Crippen LogP) is 3.07. The van der Waals surface area contributed by atoms with Crippen LogP contribution in [0, 0.1) is 10.1 Å². The van der Waals surface area contributed by atoms with E-state index >= 15 is 0 Å². The second-order valence-corrected chi connectivity index (χ2v) is 5.60. The summed E-state index contributed by atoms with van der Waals surface area (Å²) in [7, 11) is 0. The number of benzene rings is 1. The minimum atomic E-state index is -0.411. The fourth-order valence-electron chi connectivity index (χ4n) is 2.43. The molecule has 1 aliphatic carbocycles. The number of rotatable bonds is 4. The number of nitro benzene ring substituents is 1. The van der Waals surface area contributed by atoms with Gasteiger partial charge in [-0.05, 0) is 25.0 Å². The molecule has 1 aromatic rings. The number of aliphatic hydroxyl groups excluding tert-OH is 1. The van der Waals surface area contributed by atoms with Gasteiger partial charge in [0, 0.05) is 10.5 Å². The number of anilines is 1. The van der Waals surface area contributed by atoms with Gasteiger partial charge in [0.1, 0.15) is 5.69 Å². The minimum Gasteiger partial charge on any atom is -0.394 e. The van der Waals surface area contributed by atoms with Gasteiger partial charge < -0.3 is 10.4 Å². The Morgan fingerprint density at radius 1 is 1.44 bits per heavy atom. The number of nitrogens with one attached hydrogen (secondary N) is 1. The quantitative estimate of drug-likeness (QED) is 0.661. The van der Waals surface area contributed by atoms with E-state index in [0.29, 0.717) is 5.69 Å². The average molecular weight is 315 g/mol. The maximum atomic E-state index is 11.0. The fourth-order valence-corrected chi connectivity index (χ4v) is 2.79. The van der Waals surface area contributed by atoms with Crippen LogP contribution < -0.4 is 5.32 Å². The van der Waals surface area contributed by atoms with Crippen LogP contribution in [0.15, 0.2) is 22.7 Å². The molecule has 0 spiro atoms. The molecule has 18 heavy (non-hydrogen) atoms. The molecule has 0 aromatic heterocycles. The summed E-state index contributed by atoms with van der Waals surface area (Å²) < 4.78 is 0.779. The minimum absolute atomic E-state index is 0.00331. The molecule has 1 aromatic carbocycles. The summed E-state index contributed by atoms with van der Waals surface area (Å²) in [6.07, 6.45) is 3.76. The molecule has 0 unspecified atom stereocenters. The predicted molar refractivity (Wildman–Crippen MR) is 72.7 cm³/mol. The second kappa shape index (κ2) is 5.24. The van der Waals surface area contributed by atoms with Crippen LogP contribution in [-0.2, 0) is 0 Å². The lowest BCUT2D eigenvalue weighted by Gasteiger charge is -2.29. The van der Waals surface area contributed by atoms with Gasteiger partial charge in [-0.2, -0.15) is 0 Å². The first kappa shape index (κ1) is 13.3. The smallest absolute Gasteiger partial charge is 0.292 e. The molecule has 6 heteroatoms. The fraction of sp³-hybridized carbons (Fsp3) is 0.500. The van der Waals surface area contributed by atoms with E-state index in [4.69, 9.17) is 0 Å². The summed E-state index contributed by atoms with van der Waals surface area (Å²) in [4.78, 5) is 10.6. The molecule has 0 bridgehead atoms. The topological polar surface area (TPSA) is 75.4 Å². The molecule has 2 N–H and O–H groups in total. The second-order valence-electron chi connectivity index (χ2n) is 4.69. The average Bonchev–Trinajstić information content (AvgIpc) is 2.78. The van der Waals surface area contributed by atoms with Crippen molar-refractivity contribution in [3.63, 3.8) is 0 Å². The van der Waals surface area contributed by atoms with Crippen molar-refractivity contribution < 1.29 is 10.0 Å². The molecule has 0 radical (unpaired) electrons. The Labute approximate surface area is 113 Å². The zero-order valence-corrected chi connectivity index (χ0v) is 11.4. The molecular formula is C12H15BrN2O3. The van der Waals surface area contributed by atoms with Crippen LogP contribution in [0.25, 0.3) is 0 Å². The molecule has 0 saturated heterocycles. The molecule has 1 fully saturated rings. The first-order chi connectivity index (χ1) is 8.56. The van der Waals surface area contributed by atoms with Crippen molar-refractivity contribution in [1.82, 2.24) is 0 Å². The van der Waals surface area contributed by atoms with E-state index in [1.807, 2.05) is 0 Å². The van der Waals surface area contributed by atoms with E-state index < -0.39 is 10.5 Å². The normalized spacial score (nSPS) is 17.7. The number of aliphatic hydroxyl groups is 1. The van der Waals surface area contributed by atoms with Gasteiger partial charge in [-0.15, -0.1) is 0 Å². The molecule has 0 amide bonds. The maximum Gasteiger partial charge on any atom is 0.292 e. The van der Waals surface area contributed by atoms with Crippen LogP contribution >= 0.6 is 15.9 Å². The summed E-state index contributed by atoms with van der Waals surface area (Å²) in [5.74, 6) is 0. The number of hydrogen-bond donors (Lipinski definition) is 2. The molecule has 98 valence electrons. The first-order valence-electron chi connectivity index (χ1n) is 5.89. The Morgan fingerprint density at radius 3 is 2.67 bits per heavy atom. The first-order valence-corrected chi connectivity index (χ1v) is 6.69. The van der Waals surface area contributed by atoms with Gasteiger partial charge in [-0.3, -0.25) is 10.1 Å². The SMILES string of the molecule is O=[N+]([O-])c1ccc(Br)cc1NC1(CO)CCCC1. The van der Waals surface area contributed by atoms with E-state index in [1.54, 1.807) is 12.1 Å². The number of nitrogens with zero attached hydrogens (tertiary/aromatic N) is 1. The monoisotopic (exact) mass is 314 g/mol. The highest BCUT2D eigenvalue weighted by atomic mass is 79.9. The molecule has 5 nitrogen and oxygen atoms in total. The van der Waals surface area contributed by atoms with Crippen molar-refractivity contribution in [3.8, 4) is 0 Å². The van der Waals surface area contributed by atoms with E-state index in [-0.39, 0.29) is 12.3 Å². The maximum absolute atomic E-state index is 11.0. The van der Waals surface area contributed by atoms with Gasteiger partial charge in [0.05, 0.1) is 17.1 Å². The number of halogens is 1. The van der Waals surface area contributed by atoms with E-state index in [1.165, 1.54) is 6.07 Å². The molecule has 0 aliphatic heterocycles. The molecule has 0 atom stereocenters. The van der Waals surface area contributed by atoms with E-state index in [2.05, 4.69) is 21.2 Å². The lowest BCUT2D eigenvalue weighted by molar-refractivity contribution is -0.384. The largest absolute Gasteiger partial charge is 0.394 e. The lowest BCUT2D eigenvalue weighted by atomic mass is 9.98. The molecule has 0 heterocycles. The summed E-state index contributed by atoms with van der Waals surface area (Å²) >= 11 is 3.31. The van der Waals surface area contributed by atoms with Gasteiger partial charge in [0.25, 0.3) is 5.69 Å². The summed E-state index contributed by atoms with van der Waals surface area (Å²) in [5, 5.41) is 23.7. The summed E-state index contributed by atoms with van der Waals surface area (Å²) in [6.45, 7) is -0.00331. The molecule has 1 aliphatic rings. The number of nitro groups is 1. The zero-order chi connectivity index (χ0) is 13.2. The van der Waals surface area contributed by atoms with Crippen LogP contribution in [0.4, 0.5) is 11.4 Å². The van der Waals surface area contributed by atoms with Gasteiger partial charge in [0.2, 0.25) is 0 Å². The van der Waals surface area contributed by atoms with E-state index in [0.717, 1.165) is 30.2 Å². The molecule has 1 saturated carbocycles. The van der Waals surface area contributed by atoms with Crippen molar-refractivity contribution in [2.24, 2.45) is 0 Å². The third-order valence-electron chi connectivity index (χ3n) is 3.42. The third kappa shape index (κ3) is 2.64. The van der Waals surface area contributed by atoms with Gasteiger partial charge in [-0.25, -0.2) is 0 Å². The highest BCUT2D eigenvalue weighted by Crippen LogP contribution is 2.36. The molecule has 2 rings (SSSR count). The van der Waals surface area contributed by atoms with Crippen LogP contribution in [0.3, 0.4) is 0 Å². The Hall–Kier alpha value is -1.14. The molecular weight excluding hydrogens is 300 g/mol. The van der Waals surface area contributed by atoms with Crippen LogP contribution in [0.2, 0.25) is 0 Å². The summed E-state index contributed by atoms with van der Waals surface area (Å²) in [5.41, 5.74) is 0.0919. The number of hydrogen-bond acceptors (Lipinski definition) is 4. The standard InChI is InChI=1S/C12H15BrN2O3/c13-9-3-4-11(15(17)18)10(7-9)14-12(8-16)5-1-2-6-12/h3-4,7,14,16H,1-2,5-6,8H2. The Morgan fingerprint density at radius 2 is 2.11 bits per heavy atom. The van der Waals surface area contributed by atoms with Gasteiger partial charge >= 0.3 is 0 Å². The van der Waals surface area contributed by atoms with Crippen molar-refractivity contribution in [3.05, 3.63) is 32.8 Å². The van der Waals surface area contributed by atoms with Crippen molar-refractivity contribution in [1.29, 1.82) is 0 Å². The Kier molecular flexibility index (Phi) is 3.87. The third-order valence-corrected chi connectivity index (χ3v) is 3.91. The lowest BCUT2D eigenvalue weighted by Crippen LogP contribution is -2.39. The van der Waals surface area contributed by atoms with Crippen LogP contribution in [0.1, 0.15) is 25.7 Å². The van der Waals surface area contributed by atoms with Gasteiger partial charge in [0.15, 0.2) is 0 Å². The van der Waals surface area contributed by atoms with Crippen LogP contribution in [0.5, 0.6) is 0 Å². The Balaban J connectivity index is 2.32. The Bertz CT molecular complexity index is 459. The van der Waals surface area contributed by atoms with E-state index in [9.17, 15) is 15.2 Å². The van der Waals surface area contributed by atoms with Crippen molar-refractivity contribution in [2.75, 3.05) is 11.9 Å². The van der Waals surface area contributed by atoms with Gasteiger partial charge in [-0.1, -0.05) is 28.8 Å². The summed E-state index contributed by atoms with van der Waals surface area (Å²) in [6, 6.07) is 4.80. The highest BCUT2D eigenvalue weighted by molar-refractivity contribution is 9.10. The zero-order valence-electron chi connectivity index (χ0n) is 9.86. The van der Waals surface area contributed by atoms with Crippen molar-refractivity contribution in [2.45, 2.75) is 31.2 Å². The highest BCUT2D eigenvalue weighted by Gasteiger charge is 2.34. The van der Waals surface area contributed by atoms with Crippen LogP contribution in [-0.4, -0.2) is 22.2 Å².